The lowest BCUT2D eigenvalue weighted by Crippen LogP contribution is -2.30. The lowest BCUT2D eigenvalue weighted by molar-refractivity contribution is -0.166. The van der Waals surface area contributed by atoms with E-state index >= 15 is 0 Å². The summed E-state index contributed by atoms with van der Waals surface area (Å²) < 4.78 is 16.7. The lowest BCUT2D eigenvalue weighted by atomic mass is 10.1. The number of esters is 3. The topological polar surface area (TPSA) is 78.9 Å². The van der Waals surface area contributed by atoms with Gasteiger partial charge in [0.1, 0.15) is 13.2 Å². The van der Waals surface area contributed by atoms with Crippen molar-refractivity contribution in [3.8, 4) is 0 Å². The van der Waals surface area contributed by atoms with E-state index in [-0.39, 0.29) is 44.0 Å². The van der Waals surface area contributed by atoms with Crippen LogP contribution < -0.4 is 0 Å². The highest BCUT2D eigenvalue weighted by molar-refractivity contribution is 5.71. The summed E-state index contributed by atoms with van der Waals surface area (Å²) in [5.41, 5.74) is 0. The quantitative estimate of drug-likeness (QED) is 0.0262. The van der Waals surface area contributed by atoms with Gasteiger partial charge in [0.2, 0.25) is 0 Å². The van der Waals surface area contributed by atoms with Crippen molar-refractivity contribution >= 4 is 17.9 Å². The van der Waals surface area contributed by atoms with Crippen molar-refractivity contribution in [1.82, 2.24) is 0 Å². The summed E-state index contributed by atoms with van der Waals surface area (Å²) in [4.78, 5) is 38.1. The number of carbonyl (C=O) groups is 3. The first-order valence-electron chi connectivity index (χ1n) is 28.3. The Morgan fingerprint density at radius 3 is 0.972 bits per heavy atom. The summed E-state index contributed by atoms with van der Waals surface area (Å²) in [5, 5.41) is 0. The molecule has 0 saturated heterocycles. The van der Waals surface area contributed by atoms with Gasteiger partial charge in [0, 0.05) is 19.3 Å². The van der Waals surface area contributed by atoms with E-state index in [0.29, 0.717) is 12.8 Å². The second-order valence-corrected chi connectivity index (χ2v) is 18.1. The third-order valence-electron chi connectivity index (χ3n) is 11.3. The number of hydrogen-bond acceptors (Lipinski definition) is 6. The van der Waals surface area contributed by atoms with E-state index < -0.39 is 6.10 Å². The molecule has 0 aliphatic carbocycles. The van der Waals surface area contributed by atoms with Crippen LogP contribution in [-0.2, 0) is 28.6 Å². The number of hydrogen-bond donors (Lipinski definition) is 0. The molecule has 71 heavy (non-hydrogen) atoms. The second-order valence-electron chi connectivity index (χ2n) is 18.1. The molecular formula is C65H102O6. The van der Waals surface area contributed by atoms with Crippen LogP contribution in [0.15, 0.2) is 146 Å². The van der Waals surface area contributed by atoms with E-state index in [4.69, 9.17) is 14.2 Å². The number of carbonyl (C=O) groups excluding carboxylic acids is 3. The van der Waals surface area contributed by atoms with Crippen molar-refractivity contribution in [2.75, 3.05) is 13.2 Å². The predicted octanol–water partition coefficient (Wildman–Crippen LogP) is 19.2. The maximum absolute atomic E-state index is 12.8. The van der Waals surface area contributed by atoms with Crippen LogP contribution >= 0.6 is 0 Å². The van der Waals surface area contributed by atoms with E-state index in [1.807, 2.05) is 12.2 Å². The first-order valence-corrected chi connectivity index (χ1v) is 28.3. The first kappa shape index (κ1) is 66.3. The van der Waals surface area contributed by atoms with Crippen LogP contribution in [0.2, 0.25) is 0 Å². The first-order chi connectivity index (χ1) is 35.0. The standard InChI is InChI=1S/C65H102O6/c1-4-7-10-13-16-19-22-25-27-28-29-30-31-32-33-34-35-36-38-40-43-46-49-52-55-58-64(67)70-61-62(60-69-63(66)57-54-51-48-45-42-39-24-21-18-15-12-9-6-3)71-65(68)59-56-53-50-47-44-41-37-26-23-20-17-14-11-8-5-2/h7,9-10,12,16,18-19,21,25-27,29-30,32-33,35-37,39-40,42-43,48,51,62H,4-6,8,11,13-15,17,20,22-24,28,31,34,38,41,44-47,49-50,52-61H2,1-3H3/b10-7-,12-9-,19-16-,21-18-,27-25-,30-29-,33-32-,36-35-,37-26-,42-39-,43-40-,51-48-. The molecule has 0 radical (unpaired) electrons. The SMILES string of the molecule is CC/C=C\C/C=C\C/C=C\C/C=C\C/C=C\C/C=C\C/C=C\CCCCCC(=O)OCC(COC(=O)CC/C=C\C/C=C\C/C=C\C/C=C\CC)OC(=O)CCCCCCC/C=C\CCCCCCCC. The van der Waals surface area contributed by atoms with Gasteiger partial charge in [0.25, 0.3) is 0 Å². The Balaban J connectivity index is 4.50. The Hall–Kier alpha value is -4.71. The second kappa shape index (κ2) is 57.9. The molecule has 0 aromatic carbocycles. The van der Waals surface area contributed by atoms with Gasteiger partial charge in [0.15, 0.2) is 6.10 Å². The Morgan fingerprint density at radius 2 is 0.577 bits per heavy atom. The zero-order valence-corrected chi connectivity index (χ0v) is 45.4. The monoisotopic (exact) mass is 979 g/mol. The van der Waals surface area contributed by atoms with Gasteiger partial charge in [-0.05, 0) is 128 Å². The molecule has 6 nitrogen and oxygen atoms in total. The third-order valence-corrected chi connectivity index (χ3v) is 11.3. The van der Waals surface area contributed by atoms with Gasteiger partial charge >= 0.3 is 17.9 Å². The summed E-state index contributed by atoms with van der Waals surface area (Å²) in [7, 11) is 0. The predicted molar refractivity (Wildman–Crippen MR) is 306 cm³/mol. The summed E-state index contributed by atoms with van der Waals surface area (Å²) in [6, 6.07) is 0. The van der Waals surface area contributed by atoms with Gasteiger partial charge in [-0.1, -0.05) is 224 Å². The fourth-order valence-electron chi connectivity index (χ4n) is 7.13. The summed E-state index contributed by atoms with van der Waals surface area (Å²) in [6.07, 6.45) is 82.8. The van der Waals surface area contributed by atoms with Gasteiger partial charge < -0.3 is 14.2 Å². The molecule has 0 aliphatic heterocycles. The van der Waals surface area contributed by atoms with Crippen molar-refractivity contribution in [2.45, 2.75) is 232 Å². The van der Waals surface area contributed by atoms with Gasteiger partial charge in [-0.25, -0.2) is 0 Å². The van der Waals surface area contributed by atoms with Crippen molar-refractivity contribution in [3.63, 3.8) is 0 Å². The van der Waals surface area contributed by atoms with Crippen LogP contribution in [0.5, 0.6) is 0 Å². The minimum Gasteiger partial charge on any atom is -0.462 e. The molecule has 0 bridgehead atoms. The van der Waals surface area contributed by atoms with Crippen LogP contribution in [0, 0.1) is 0 Å². The summed E-state index contributed by atoms with van der Waals surface area (Å²) >= 11 is 0. The van der Waals surface area contributed by atoms with Crippen LogP contribution in [0.3, 0.4) is 0 Å². The number of allylic oxidation sites excluding steroid dienone is 24. The number of rotatable bonds is 49. The van der Waals surface area contributed by atoms with E-state index in [1.165, 1.54) is 51.4 Å². The van der Waals surface area contributed by atoms with Gasteiger partial charge in [-0.3, -0.25) is 14.4 Å². The highest BCUT2D eigenvalue weighted by Gasteiger charge is 2.19. The zero-order valence-electron chi connectivity index (χ0n) is 45.4. The fraction of sp³-hybridized carbons (Fsp3) is 0.585. The average Bonchev–Trinajstić information content (AvgIpc) is 3.37. The van der Waals surface area contributed by atoms with Crippen molar-refractivity contribution in [2.24, 2.45) is 0 Å². The zero-order chi connectivity index (χ0) is 51.4. The third kappa shape index (κ3) is 56.1. The molecule has 0 aliphatic rings. The Kier molecular flexibility index (Phi) is 54.0. The van der Waals surface area contributed by atoms with Gasteiger partial charge in [0.05, 0.1) is 0 Å². The molecule has 1 unspecified atom stereocenters. The molecule has 6 heteroatoms. The van der Waals surface area contributed by atoms with Crippen LogP contribution in [0.25, 0.3) is 0 Å². The van der Waals surface area contributed by atoms with Crippen LogP contribution in [-0.4, -0.2) is 37.2 Å². The largest absolute Gasteiger partial charge is 0.462 e. The van der Waals surface area contributed by atoms with Gasteiger partial charge in [-0.15, -0.1) is 0 Å². The molecule has 0 saturated carbocycles. The van der Waals surface area contributed by atoms with Crippen molar-refractivity contribution in [3.05, 3.63) is 146 Å². The maximum Gasteiger partial charge on any atom is 0.306 e. The van der Waals surface area contributed by atoms with Crippen molar-refractivity contribution < 1.29 is 28.6 Å². The van der Waals surface area contributed by atoms with E-state index in [9.17, 15) is 14.4 Å². The molecule has 1 atom stereocenters. The molecular weight excluding hydrogens is 877 g/mol. The maximum atomic E-state index is 12.8. The molecule has 0 fully saturated rings. The number of ether oxygens (including phenoxy) is 3. The lowest BCUT2D eigenvalue weighted by Gasteiger charge is -2.18. The Bertz CT molecular complexity index is 1590. The average molecular weight is 980 g/mol. The molecule has 0 aromatic rings. The molecule has 0 amide bonds. The molecule has 0 spiro atoms. The van der Waals surface area contributed by atoms with Crippen LogP contribution in [0.4, 0.5) is 0 Å². The minimum atomic E-state index is -0.831. The smallest absolute Gasteiger partial charge is 0.306 e. The normalized spacial score (nSPS) is 13.2. The number of unbranched alkanes of at least 4 members (excludes halogenated alkanes) is 14. The van der Waals surface area contributed by atoms with E-state index in [1.54, 1.807) is 0 Å². The van der Waals surface area contributed by atoms with Crippen LogP contribution in [0.1, 0.15) is 226 Å². The van der Waals surface area contributed by atoms with Crippen molar-refractivity contribution in [1.29, 1.82) is 0 Å². The minimum absolute atomic E-state index is 0.127. The molecule has 398 valence electrons. The Labute approximate surface area is 436 Å². The highest BCUT2D eigenvalue weighted by atomic mass is 16.6. The fourth-order valence-corrected chi connectivity index (χ4v) is 7.13. The summed E-state index contributed by atoms with van der Waals surface area (Å²) in [6.45, 7) is 6.29. The Morgan fingerprint density at radius 1 is 0.296 bits per heavy atom. The molecule has 0 aromatic heterocycles. The molecule has 0 rings (SSSR count). The van der Waals surface area contributed by atoms with Gasteiger partial charge in [-0.2, -0.15) is 0 Å². The van der Waals surface area contributed by atoms with E-state index in [2.05, 4.69) is 154 Å². The van der Waals surface area contributed by atoms with E-state index in [0.717, 1.165) is 128 Å². The highest BCUT2D eigenvalue weighted by Crippen LogP contribution is 2.12. The summed E-state index contributed by atoms with van der Waals surface area (Å²) in [5.74, 6) is -1.06. The molecule has 0 N–H and O–H groups in total. The molecule has 0 heterocycles.